The number of benzene rings is 2. The summed E-state index contributed by atoms with van der Waals surface area (Å²) in [4.78, 5) is 29.0. The maximum Gasteiger partial charge on any atom is 0.419 e. The van der Waals surface area contributed by atoms with Crippen LogP contribution < -0.4 is 10.2 Å². The van der Waals surface area contributed by atoms with E-state index >= 15 is 0 Å². The molecule has 2 aromatic carbocycles. The highest BCUT2D eigenvalue weighted by molar-refractivity contribution is 6.36. The van der Waals surface area contributed by atoms with Gasteiger partial charge in [0.1, 0.15) is 0 Å². The second kappa shape index (κ2) is 9.87. The van der Waals surface area contributed by atoms with E-state index in [1.807, 2.05) is 44.4 Å². The minimum Gasteiger partial charge on any atom is -0.422 e. The normalized spacial score (nSPS) is 21.1. The first-order valence-electron chi connectivity index (χ1n) is 10.3. The largest absolute Gasteiger partial charge is 0.422 e. The molecule has 0 bridgehead atoms. The summed E-state index contributed by atoms with van der Waals surface area (Å²) in [6, 6.07) is 12.5. The van der Waals surface area contributed by atoms with Crippen molar-refractivity contribution in [2.45, 2.75) is 37.5 Å². The number of rotatable bonds is 7. The second-order valence-corrected chi connectivity index (χ2v) is 9.21. The molecule has 1 N–H and O–H groups in total. The van der Waals surface area contributed by atoms with Gasteiger partial charge in [0.2, 0.25) is 5.91 Å². The van der Waals surface area contributed by atoms with Gasteiger partial charge in [-0.05, 0) is 44.8 Å². The summed E-state index contributed by atoms with van der Waals surface area (Å²) in [6.07, 6.45) is 1.76. The fraction of sp³-hybridized carbons (Fsp3) is 0.391. The van der Waals surface area contributed by atoms with Crippen LogP contribution in [-0.2, 0) is 16.0 Å². The molecule has 9 heteroatoms. The number of nitrogens with zero attached hydrogens (tertiary/aromatic N) is 2. The molecule has 32 heavy (non-hydrogen) atoms. The molecule has 4 rings (SSSR count). The molecule has 1 fully saturated rings. The van der Waals surface area contributed by atoms with Gasteiger partial charge in [-0.2, -0.15) is 0 Å². The summed E-state index contributed by atoms with van der Waals surface area (Å²) in [5.41, 5.74) is 1.43. The highest BCUT2D eigenvalue weighted by Gasteiger charge is 2.59. The van der Waals surface area contributed by atoms with E-state index in [4.69, 9.17) is 27.9 Å². The van der Waals surface area contributed by atoms with Crippen molar-refractivity contribution in [1.82, 2.24) is 10.2 Å². The topological polar surface area (TPSA) is 61.9 Å². The summed E-state index contributed by atoms with van der Waals surface area (Å²) < 4.78 is 5.71. The predicted octanol–water partition coefficient (Wildman–Crippen LogP) is 5.21. The lowest BCUT2D eigenvalue weighted by atomic mass is 9.84. The van der Waals surface area contributed by atoms with E-state index in [1.165, 1.54) is 0 Å². The molecule has 0 spiro atoms. The van der Waals surface area contributed by atoms with Crippen molar-refractivity contribution in [2.24, 2.45) is 0 Å². The summed E-state index contributed by atoms with van der Waals surface area (Å²) >= 11 is 12.8. The Hall–Kier alpha value is -1.99. The lowest BCUT2D eigenvalue weighted by Gasteiger charge is -2.56. The van der Waals surface area contributed by atoms with E-state index in [9.17, 15) is 9.59 Å². The van der Waals surface area contributed by atoms with Gasteiger partial charge in [0, 0.05) is 28.5 Å². The van der Waals surface area contributed by atoms with Gasteiger partial charge in [-0.1, -0.05) is 53.5 Å². The maximum absolute atomic E-state index is 12.8. The van der Waals surface area contributed by atoms with Crippen LogP contribution in [0.3, 0.4) is 0 Å². The van der Waals surface area contributed by atoms with E-state index in [1.54, 1.807) is 17.0 Å². The molecular formula is C23H26Cl3N3O3. The van der Waals surface area contributed by atoms with E-state index in [2.05, 4.69) is 10.2 Å². The Morgan fingerprint density at radius 1 is 1.25 bits per heavy atom. The molecule has 1 saturated heterocycles. The van der Waals surface area contributed by atoms with Gasteiger partial charge >= 0.3 is 6.09 Å². The van der Waals surface area contributed by atoms with Gasteiger partial charge in [-0.15, -0.1) is 12.4 Å². The lowest BCUT2D eigenvalue weighted by molar-refractivity contribution is -0.122. The van der Waals surface area contributed by atoms with Crippen molar-refractivity contribution in [3.05, 3.63) is 63.6 Å². The van der Waals surface area contributed by atoms with E-state index in [0.29, 0.717) is 34.1 Å². The third-order valence-corrected chi connectivity index (χ3v) is 6.30. The van der Waals surface area contributed by atoms with Crippen LogP contribution in [0.5, 0.6) is 0 Å². The molecule has 0 saturated carbocycles. The Morgan fingerprint density at radius 3 is 2.62 bits per heavy atom. The molecule has 0 aromatic heterocycles. The number of hydrogen-bond donors (Lipinski definition) is 1. The van der Waals surface area contributed by atoms with Gasteiger partial charge in [0.15, 0.2) is 5.72 Å². The van der Waals surface area contributed by atoms with Crippen molar-refractivity contribution >= 4 is 53.3 Å². The minimum atomic E-state index is -0.807. The molecular weight excluding hydrogens is 473 g/mol. The number of ether oxygens (including phenoxy) is 1. The second-order valence-electron chi connectivity index (χ2n) is 8.36. The molecule has 1 unspecified atom stereocenters. The molecule has 2 aromatic rings. The maximum atomic E-state index is 12.8. The number of amides is 2. The summed E-state index contributed by atoms with van der Waals surface area (Å²) in [7, 11) is 4.01. The van der Waals surface area contributed by atoms with Crippen molar-refractivity contribution in [3.8, 4) is 0 Å². The Morgan fingerprint density at radius 2 is 1.97 bits per heavy atom. The Kier molecular flexibility index (Phi) is 7.61. The summed E-state index contributed by atoms with van der Waals surface area (Å²) in [6.45, 7) is 0.862. The average molecular weight is 499 g/mol. The quantitative estimate of drug-likeness (QED) is 0.569. The Bertz CT molecular complexity index is 1000. The number of halogens is 3. The van der Waals surface area contributed by atoms with Crippen LogP contribution in [0.15, 0.2) is 42.5 Å². The van der Waals surface area contributed by atoms with Gasteiger partial charge in [-0.3, -0.25) is 4.79 Å². The number of fused-ring (bicyclic) bond motifs is 3. The van der Waals surface area contributed by atoms with E-state index in [-0.39, 0.29) is 30.8 Å². The highest BCUT2D eigenvalue weighted by Crippen LogP contribution is 2.53. The zero-order valence-electron chi connectivity index (χ0n) is 17.9. The lowest BCUT2D eigenvalue weighted by Crippen LogP contribution is -2.69. The molecule has 2 amide bonds. The van der Waals surface area contributed by atoms with Crippen molar-refractivity contribution in [1.29, 1.82) is 0 Å². The zero-order chi connectivity index (χ0) is 22.2. The van der Waals surface area contributed by atoms with Crippen LogP contribution in [0.4, 0.5) is 10.5 Å². The van der Waals surface area contributed by atoms with Gasteiger partial charge in [0.05, 0.1) is 18.2 Å². The van der Waals surface area contributed by atoms with Crippen LogP contribution >= 0.6 is 35.6 Å². The molecule has 0 radical (unpaired) electrons. The Labute approximate surface area is 204 Å². The first kappa shape index (κ1) is 24.6. The van der Waals surface area contributed by atoms with Crippen molar-refractivity contribution in [2.75, 3.05) is 25.5 Å². The number of carbonyl (C=O) groups is 2. The third kappa shape index (κ3) is 4.84. The van der Waals surface area contributed by atoms with Crippen LogP contribution in [0.25, 0.3) is 0 Å². The first-order valence-corrected chi connectivity index (χ1v) is 11.0. The molecule has 2 atom stereocenters. The fourth-order valence-corrected chi connectivity index (χ4v) is 5.05. The van der Waals surface area contributed by atoms with Gasteiger partial charge in [-0.25, -0.2) is 9.69 Å². The van der Waals surface area contributed by atoms with Gasteiger partial charge < -0.3 is 15.0 Å². The highest BCUT2D eigenvalue weighted by atomic mass is 35.5. The average Bonchev–Trinajstić information content (AvgIpc) is 2.66. The minimum absolute atomic E-state index is 0. The van der Waals surface area contributed by atoms with Crippen LogP contribution in [-0.4, -0.2) is 43.3 Å². The van der Waals surface area contributed by atoms with E-state index in [0.717, 1.165) is 18.5 Å². The zero-order valence-corrected chi connectivity index (χ0v) is 20.3. The predicted molar refractivity (Wildman–Crippen MR) is 129 cm³/mol. The Balaban J connectivity index is 0.00000289. The molecule has 0 aliphatic carbocycles. The molecule has 6 nitrogen and oxygen atoms in total. The summed E-state index contributed by atoms with van der Waals surface area (Å²) in [5, 5.41) is 3.97. The number of carbonyl (C=O) groups excluding carboxylic acids is 2. The first-order chi connectivity index (χ1) is 14.8. The van der Waals surface area contributed by atoms with Crippen molar-refractivity contribution in [3.63, 3.8) is 0 Å². The smallest absolute Gasteiger partial charge is 0.419 e. The molecule has 2 aliphatic rings. The number of anilines is 1. The number of nitrogens with one attached hydrogen (secondary N) is 1. The van der Waals surface area contributed by atoms with Gasteiger partial charge in [0.25, 0.3) is 0 Å². The molecule has 2 aliphatic heterocycles. The van der Waals surface area contributed by atoms with Crippen LogP contribution in [0, 0.1) is 0 Å². The number of hydrogen-bond acceptors (Lipinski definition) is 4. The van der Waals surface area contributed by atoms with Crippen LogP contribution in [0.2, 0.25) is 10.0 Å². The third-order valence-electron chi connectivity index (χ3n) is 5.77. The monoisotopic (exact) mass is 497 g/mol. The summed E-state index contributed by atoms with van der Waals surface area (Å²) in [5.74, 6) is -0.115. The molecule has 2 heterocycles. The molecule has 172 valence electrons. The van der Waals surface area contributed by atoms with Crippen molar-refractivity contribution < 1.29 is 14.3 Å². The fourth-order valence-electron chi connectivity index (χ4n) is 4.44. The SMILES string of the molecule is CN(C)CCCC12C[C@H](NC(=O)Cc3ccccc3)c3c(Cl)cc(Cl)cc3N1C(=O)O2.Cl. The van der Waals surface area contributed by atoms with Crippen LogP contribution in [0.1, 0.15) is 36.4 Å². The standard InChI is InChI=1S/C23H25Cl2N3O3.ClH/c1-27(2)10-6-9-23-14-18(26-20(29)11-15-7-4-3-5-8-15)21-17(25)12-16(24)13-19(21)28(23)22(30)31-23;/h3-5,7-8,12-13,18H,6,9-11,14H2,1-2H3,(H,26,29);1H/t18-,23?;/m0./s1. The van der Waals surface area contributed by atoms with E-state index < -0.39 is 11.8 Å².